The van der Waals surface area contributed by atoms with E-state index in [-0.39, 0.29) is 21.6 Å². The molecule has 2 aromatic carbocycles. The first-order chi connectivity index (χ1) is 13.3. The fourth-order valence-electron chi connectivity index (χ4n) is 3.03. The SMILES string of the molecule is CC(C)Oc1cccc(NC(=O)c2ccc(Cl)c(S(=O)(=O)N3CCCC3)c2)c1. The summed E-state index contributed by atoms with van der Waals surface area (Å²) < 4.78 is 32.7. The molecule has 0 aliphatic carbocycles. The molecule has 0 spiro atoms. The number of ether oxygens (including phenoxy) is 1. The molecule has 1 fully saturated rings. The predicted octanol–water partition coefficient (Wildman–Crippen LogP) is 4.16. The summed E-state index contributed by atoms with van der Waals surface area (Å²) in [6.45, 7) is 4.78. The standard InChI is InChI=1S/C20H23ClN2O4S/c1-14(2)27-17-7-5-6-16(13-17)22-20(24)15-8-9-18(21)19(12-15)28(25,26)23-10-3-4-11-23/h5-9,12-14H,3-4,10-11H2,1-2H3,(H,22,24). The minimum Gasteiger partial charge on any atom is -0.491 e. The number of rotatable bonds is 6. The predicted molar refractivity (Wildman–Crippen MR) is 110 cm³/mol. The van der Waals surface area contributed by atoms with Gasteiger partial charge in [0, 0.05) is 30.4 Å². The lowest BCUT2D eigenvalue weighted by Crippen LogP contribution is -2.28. The van der Waals surface area contributed by atoms with Crippen molar-refractivity contribution < 1.29 is 17.9 Å². The van der Waals surface area contributed by atoms with Gasteiger partial charge in [0.05, 0.1) is 11.1 Å². The number of hydrogen-bond donors (Lipinski definition) is 1. The van der Waals surface area contributed by atoms with Gasteiger partial charge in [0.25, 0.3) is 5.91 Å². The fourth-order valence-corrected chi connectivity index (χ4v) is 5.05. The number of carbonyl (C=O) groups excluding carboxylic acids is 1. The van der Waals surface area contributed by atoms with Gasteiger partial charge in [-0.2, -0.15) is 4.31 Å². The maximum absolute atomic E-state index is 12.8. The number of nitrogens with one attached hydrogen (secondary N) is 1. The zero-order valence-electron chi connectivity index (χ0n) is 15.8. The van der Waals surface area contributed by atoms with Crippen LogP contribution in [0.2, 0.25) is 5.02 Å². The van der Waals surface area contributed by atoms with Gasteiger partial charge < -0.3 is 10.1 Å². The molecule has 1 heterocycles. The van der Waals surface area contributed by atoms with E-state index in [1.807, 2.05) is 13.8 Å². The normalized spacial score (nSPS) is 15.0. The molecule has 1 aliphatic heterocycles. The smallest absolute Gasteiger partial charge is 0.255 e. The highest BCUT2D eigenvalue weighted by atomic mass is 35.5. The van der Waals surface area contributed by atoms with Crippen LogP contribution in [0.4, 0.5) is 5.69 Å². The molecule has 150 valence electrons. The minimum absolute atomic E-state index is 0.0144. The summed E-state index contributed by atoms with van der Waals surface area (Å²) in [5.74, 6) is 0.220. The lowest BCUT2D eigenvalue weighted by molar-refractivity contribution is 0.102. The highest BCUT2D eigenvalue weighted by Crippen LogP contribution is 2.28. The van der Waals surface area contributed by atoms with Gasteiger partial charge in [-0.05, 0) is 57.0 Å². The van der Waals surface area contributed by atoms with Crippen molar-refractivity contribution >= 4 is 33.2 Å². The van der Waals surface area contributed by atoms with E-state index >= 15 is 0 Å². The van der Waals surface area contributed by atoms with E-state index in [1.165, 1.54) is 22.5 Å². The van der Waals surface area contributed by atoms with Gasteiger partial charge in [-0.25, -0.2) is 8.42 Å². The zero-order valence-corrected chi connectivity index (χ0v) is 17.4. The van der Waals surface area contributed by atoms with Crippen molar-refractivity contribution in [2.75, 3.05) is 18.4 Å². The Hall–Kier alpha value is -2.09. The lowest BCUT2D eigenvalue weighted by Gasteiger charge is -2.17. The van der Waals surface area contributed by atoms with Crippen molar-refractivity contribution in [3.63, 3.8) is 0 Å². The van der Waals surface area contributed by atoms with Crippen LogP contribution in [-0.2, 0) is 10.0 Å². The molecule has 0 bridgehead atoms. The zero-order chi connectivity index (χ0) is 20.3. The van der Waals surface area contributed by atoms with Crippen LogP contribution < -0.4 is 10.1 Å². The average Bonchev–Trinajstić information content (AvgIpc) is 3.17. The highest BCUT2D eigenvalue weighted by Gasteiger charge is 2.29. The Bertz CT molecular complexity index is 970. The topological polar surface area (TPSA) is 75.7 Å². The molecular formula is C20H23ClN2O4S. The van der Waals surface area contributed by atoms with Gasteiger partial charge in [-0.15, -0.1) is 0 Å². The number of hydrogen-bond acceptors (Lipinski definition) is 4. The first-order valence-electron chi connectivity index (χ1n) is 9.15. The van der Waals surface area contributed by atoms with E-state index < -0.39 is 15.9 Å². The summed E-state index contributed by atoms with van der Waals surface area (Å²) in [6.07, 6.45) is 1.66. The van der Waals surface area contributed by atoms with Crippen LogP contribution in [0.3, 0.4) is 0 Å². The molecule has 0 atom stereocenters. The second-order valence-corrected chi connectivity index (χ2v) is 9.22. The van der Waals surface area contributed by atoms with Gasteiger partial charge in [0.1, 0.15) is 10.6 Å². The number of nitrogens with zero attached hydrogens (tertiary/aromatic N) is 1. The second-order valence-electron chi connectivity index (χ2n) is 6.90. The molecule has 0 saturated carbocycles. The van der Waals surface area contributed by atoms with E-state index in [1.54, 1.807) is 24.3 Å². The molecule has 0 unspecified atom stereocenters. The Labute approximate surface area is 170 Å². The number of sulfonamides is 1. The first-order valence-corrected chi connectivity index (χ1v) is 11.0. The van der Waals surface area contributed by atoms with Crippen LogP contribution in [0.1, 0.15) is 37.0 Å². The molecule has 1 aliphatic rings. The Morgan fingerprint density at radius 1 is 1.14 bits per heavy atom. The summed E-state index contributed by atoms with van der Waals surface area (Å²) in [7, 11) is -3.72. The summed E-state index contributed by atoms with van der Waals surface area (Å²) in [5, 5.41) is 2.88. The third-order valence-electron chi connectivity index (χ3n) is 4.34. The fraction of sp³-hybridized carbons (Fsp3) is 0.350. The largest absolute Gasteiger partial charge is 0.491 e. The molecule has 0 radical (unpaired) electrons. The number of amides is 1. The molecule has 6 nitrogen and oxygen atoms in total. The van der Waals surface area contributed by atoms with E-state index in [2.05, 4.69) is 5.32 Å². The van der Waals surface area contributed by atoms with E-state index in [9.17, 15) is 13.2 Å². The molecule has 2 aromatic rings. The van der Waals surface area contributed by atoms with Crippen molar-refractivity contribution in [3.05, 3.63) is 53.1 Å². The second kappa shape index (κ2) is 8.51. The van der Waals surface area contributed by atoms with Crippen molar-refractivity contribution in [2.24, 2.45) is 0 Å². The van der Waals surface area contributed by atoms with Crippen molar-refractivity contribution in [3.8, 4) is 5.75 Å². The molecule has 1 N–H and O–H groups in total. The van der Waals surface area contributed by atoms with Crippen LogP contribution in [0.5, 0.6) is 5.75 Å². The van der Waals surface area contributed by atoms with E-state index in [0.29, 0.717) is 24.5 Å². The highest BCUT2D eigenvalue weighted by molar-refractivity contribution is 7.89. The van der Waals surface area contributed by atoms with Crippen LogP contribution in [-0.4, -0.2) is 37.8 Å². The first kappa shape index (κ1) is 20.6. The Kier molecular flexibility index (Phi) is 6.27. The molecule has 28 heavy (non-hydrogen) atoms. The minimum atomic E-state index is -3.72. The molecule has 8 heteroatoms. The molecule has 3 rings (SSSR count). The number of carbonyl (C=O) groups is 1. The van der Waals surface area contributed by atoms with Crippen molar-refractivity contribution in [1.82, 2.24) is 4.31 Å². The van der Waals surface area contributed by atoms with Gasteiger partial charge >= 0.3 is 0 Å². The summed E-state index contributed by atoms with van der Waals surface area (Å²) in [5.41, 5.74) is 0.777. The van der Waals surface area contributed by atoms with Crippen molar-refractivity contribution in [2.45, 2.75) is 37.7 Å². The van der Waals surface area contributed by atoms with Crippen LogP contribution in [0, 0.1) is 0 Å². The quantitative estimate of drug-likeness (QED) is 0.758. The summed E-state index contributed by atoms with van der Waals surface area (Å²) in [4.78, 5) is 12.6. The van der Waals surface area contributed by atoms with Crippen LogP contribution >= 0.6 is 11.6 Å². The molecular weight excluding hydrogens is 400 g/mol. The average molecular weight is 423 g/mol. The Balaban J connectivity index is 1.83. The summed E-state index contributed by atoms with van der Waals surface area (Å²) >= 11 is 6.14. The van der Waals surface area contributed by atoms with Gasteiger partial charge in [-0.3, -0.25) is 4.79 Å². The molecule has 0 aromatic heterocycles. The monoisotopic (exact) mass is 422 g/mol. The van der Waals surface area contributed by atoms with E-state index in [0.717, 1.165) is 12.8 Å². The van der Waals surface area contributed by atoms with Gasteiger partial charge in [0.2, 0.25) is 10.0 Å². The molecule has 1 saturated heterocycles. The Morgan fingerprint density at radius 2 is 1.86 bits per heavy atom. The maximum Gasteiger partial charge on any atom is 0.255 e. The van der Waals surface area contributed by atoms with Crippen LogP contribution in [0.25, 0.3) is 0 Å². The third kappa shape index (κ3) is 4.66. The molecule has 1 amide bonds. The summed E-state index contributed by atoms with van der Waals surface area (Å²) in [6, 6.07) is 11.3. The number of benzene rings is 2. The van der Waals surface area contributed by atoms with Crippen molar-refractivity contribution in [1.29, 1.82) is 0 Å². The van der Waals surface area contributed by atoms with Gasteiger partial charge in [-0.1, -0.05) is 17.7 Å². The lowest BCUT2D eigenvalue weighted by atomic mass is 10.2. The Morgan fingerprint density at radius 3 is 2.54 bits per heavy atom. The van der Waals surface area contributed by atoms with Gasteiger partial charge in [0.15, 0.2) is 0 Å². The number of anilines is 1. The maximum atomic E-state index is 12.8. The third-order valence-corrected chi connectivity index (χ3v) is 6.72. The number of halogens is 1. The van der Waals surface area contributed by atoms with Crippen LogP contribution in [0.15, 0.2) is 47.4 Å². The van der Waals surface area contributed by atoms with E-state index in [4.69, 9.17) is 16.3 Å².